The number of fused-ring (bicyclic) bond motifs is 1. The zero-order valence-corrected chi connectivity index (χ0v) is 15.3. The SMILES string of the molecule is CCC[C@H](NC(=O)[C@H](C)Oc1ccc2c(C)c(C)c(=O)oc2c1)C(=O)O. The van der Waals surface area contributed by atoms with Crippen LogP contribution in [-0.4, -0.2) is 29.1 Å². The predicted molar refractivity (Wildman–Crippen MR) is 96.5 cm³/mol. The highest BCUT2D eigenvalue weighted by atomic mass is 16.5. The van der Waals surface area contributed by atoms with Crippen molar-refractivity contribution in [2.24, 2.45) is 0 Å². The van der Waals surface area contributed by atoms with Crippen molar-refractivity contribution in [1.29, 1.82) is 0 Å². The summed E-state index contributed by atoms with van der Waals surface area (Å²) in [6, 6.07) is 4.05. The maximum Gasteiger partial charge on any atom is 0.339 e. The largest absolute Gasteiger partial charge is 0.481 e. The summed E-state index contributed by atoms with van der Waals surface area (Å²) >= 11 is 0. The molecule has 0 spiro atoms. The lowest BCUT2D eigenvalue weighted by atomic mass is 10.1. The molecule has 1 aromatic carbocycles. The molecule has 0 unspecified atom stereocenters. The van der Waals surface area contributed by atoms with Gasteiger partial charge in [0.25, 0.3) is 5.91 Å². The molecule has 0 saturated carbocycles. The molecular formula is C19H23NO6. The first-order valence-electron chi connectivity index (χ1n) is 8.48. The summed E-state index contributed by atoms with van der Waals surface area (Å²) in [5.74, 6) is -1.24. The van der Waals surface area contributed by atoms with E-state index in [1.807, 2.05) is 13.8 Å². The second-order valence-electron chi connectivity index (χ2n) is 6.25. The minimum Gasteiger partial charge on any atom is -0.481 e. The first kappa shape index (κ1) is 19.5. The van der Waals surface area contributed by atoms with Gasteiger partial charge < -0.3 is 19.6 Å². The van der Waals surface area contributed by atoms with Crippen LogP contribution in [0.3, 0.4) is 0 Å². The molecule has 0 bridgehead atoms. The monoisotopic (exact) mass is 361 g/mol. The fourth-order valence-electron chi connectivity index (χ4n) is 2.59. The molecule has 1 aromatic heterocycles. The average molecular weight is 361 g/mol. The minimum atomic E-state index is -1.08. The van der Waals surface area contributed by atoms with Gasteiger partial charge in [0.1, 0.15) is 17.4 Å². The highest BCUT2D eigenvalue weighted by Gasteiger charge is 2.23. The highest BCUT2D eigenvalue weighted by molar-refractivity contribution is 5.86. The Morgan fingerprint density at radius 3 is 2.58 bits per heavy atom. The third-order valence-corrected chi connectivity index (χ3v) is 4.30. The number of aryl methyl sites for hydroxylation is 1. The van der Waals surface area contributed by atoms with Crippen LogP contribution in [0.25, 0.3) is 11.0 Å². The first-order chi connectivity index (χ1) is 12.2. The quantitative estimate of drug-likeness (QED) is 0.734. The molecule has 7 nitrogen and oxygen atoms in total. The number of rotatable bonds is 7. The molecule has 2 aromatic rings. The number of hydrogen-bond donors (Lipinski definition) is 2. The maximum absolute atomic E-state index is 12.2. The van der Waals surface area contributed by atoms with E-state index in [0.29, 0.717) is 29.7 Å². The predicted octanol–water partition coefficient (Wildman–Crippen LogP) is 2.55. The van der Waals surface area contributed by atoms with Crippen LogP contribution in [0.2, 0.25) is 0 Å². The van der Waals surface area contributed by atoms with Gasteiger partial charge in [-0.15, -0.1) is 0 Å². The average Bonchev–Trinajstić information content (AvgIpc) is 2.59. The molecule has 0 radical (unpaired) electrons. The van der Waals surface area contributed by atoms with Gasteiger partial charge in [0.2, 0.25) is 0 Å². The van der Waals surface area contributed by atoms with Crippen LogP contribution in [0, 0.1) is 13.8 Å². The van der Waals surface area contributed by atoms with E-state index in [2.05, 4.69) is 5.32 Å². The van der Waals surface area contributed by atoms with Gasteiger partial charge >= 0.3 is 11.6 Å². The number of hydrogen-bond acceptors (Lipinski definition) is 5. The Morgan fingerprint density at radius 2 is 1.96 bits per heavy atom. The lowest BCUT2D eigenvalue weighted by Crippen LogP contribution is -2.46. The number of ether oxygens (including phenoxy) is 1. The van der Waals surface area contributed by atoms with Gasteiger partial charge in [0, 0.05) is 17.0 Å². The van der Waals surface area contributed by atoms with Crippen LogP contribution in [0.5, 0.6) is 5.75 Å². The third kappa shape index (κ3) is 4.22. The standard InChI is InChI=1S/C19H23NO6/c1-5-6-15(18(22)23)20-17(21)12(4)25-13-7-8-14-10(2)11(3)19(24)26-16(14)9-13/h7-9,12,15H,5-6H2,1-4H3,(H,20,21)(H,22,23)/t12-,15-/m0/s1. The van der Waals surface area contributed by atoms with Crippen LogP contribution in [-0.2, 0) is 9.59 Å². The zero-order valence-electron chi connectivity index (χ0n) is 15.3. The Bertz CT molecular complexity index is 885. The third-order valence-electron chi connectivity index (χ3n) is 4.30. The fraction of sp³-hybridized carbons (Fsp3) is 0.421. The second-order valence-corrected chi connectivity index (χ2v) is 6.25. The Hall–Kier alpha value is -2.83. The molecule has 1 amide bonds. The lowest BCUT2D eigenvalue weighted by Gasteiger charge is -2.18. The van der Waals surface area contributed by atoms with Crippen molar-refractivity contribution in [2.45, 2.75) is 52.7 Å². The van der Waals surface area contributed by atoms with Gasteiger partial charge in [-0.1, -0.05) is 13.3 Å². The van der Waals surface area contributed by atoms with Gasteiger partial charge in [-0.2, -0.15) is 0 Å². The van der Waals surface area contributed by atoms with E-state index < -0.39 is 29.6 Å². The molecule has 2 N–H and O–H groups in total. The van der Waals surface area contributed by atoms with Crippen molar-refractivity contribution < 1.29 is 23.8 Å². The minimum absolute atomic E-state index is 0.341. The molecule has 7 heteroatoms. The number of amides is 1. The molecule has 1 heterocycles. The summed E-state index contributed by atoms with van der Waals surface area (Å²) < 4.78 is 10.9. The second kappa shape index (κ2) is 8.03. The van der Waals surface area contributed by atoms with E-state index in [-0.39, 0.29) is 0 Å². The maximum atomic E-state index is 12.2. The Labute approximate surface area is 151 Å². The fourth-order valence-corrected chi connectivity index (χ4v) is 2.59. The molecule has 2 rings (SSSR count). The van der Waals surface area contributed by atoms with Crippen molar-refractivity contribution in [3.63, 3.8) is 0 Å². The number of carbonyl (C=O) groups is 2. The van der Waals surface area contributed by atoms with Gasteiger partial charge in [0.05, 0.1) is 0 Å². The molecule has 140 valence electrons. The van der Waals surface area contributed by atoms with Crippen molar-refractivity contribution >= 4 is 22.8 Å². The number of carboxylic acids is 1. The van der Waals surface area contributed by atoms with Gasteiger partial charge in [0.15, 0.2) is 6.10 Å². The van der Waals surface area contributed by atoms with Gasteiger partial charge in [-0.05, 0) is 44.9 Å². The van der Waals surface area contributed by atoms with Crippen molar-refractivity contribution in [2.75, 3.05) is 0 Å². The van der Waals surface area contributed by atoms with Crippen LogP contribution >= 0.6 is 0 Å². The van der Waals surface area contributed by atoms with Crippen LogP contribution in [0.15, 0.2) is 27.4 Å². The summed E-state index contributed by atoms with van der Waals surface area (Å²) in [5.41, 5.74) is 1.34. The van der Waals surface area contributed by atoms with Gasteiger partial charge in [-0.3, -0.25) is 4.79 Å². The van der Waals surface area contributed by atoms with Crippen LogP contribution in [0.4, 0.5) is 0 Å². The molecule has 2 atom stereocenters. The topological polar surface area (TPSA) is 106 Å². The number of benzene rings is 1. The molecule has 0 aliphatic carbocycles. The lowest BCUT2D eigenvalue weighted by molar-refractivity contribution is -0.143. The van der Waals surface area contributed by atoms with E-state index in [1.54, 1.807) is 25.1 Å². The van der Waals surface area contributed by atoms with E-state index in [0.717, 1.165) is 10.9 Å². The number of aliphatic carboxylic acids is 1. The number of carbonyl (C=O) groups excluding carboxylic acids is 1. The van der Waals surface area contributed by atoms with Crippen molar-refractivity contribution in [1.82, 2.24) is 5.32 Å². The first-order valence-corrected chi connectivity index (χ1v) is 8.48. The molecule has 0 fully saturated rings. The smallest absolute Gasteiger partial charge is 0.339 e. The Morgan fingerprint density at radius 1 is 1.27 bits per heavy atom. The van der Waals surface area contributed by atoms with E-state index >= 15 is 0 Å². The highest BCUT2D eigenvalue weighted by Crippen LogP contribution is 2.24. The van der Waals surface area contributed by atoms with Crippen molar-refractivity contribution in [3.8, 4) is 5.75 Å². The number of carboxylic acid groups (broad SMARTS) is 1. The van der Waals surface area contributed by atoms with Gasteiger partial charge in [-0.25, -0.2) is 9.59 Å². The summed E-state index contributed by atoms with van der Waals surface area (Å²) in [6.45, 7) is 6.91. The normalized spacial score (nSPS) is 13.2. The van der Waals surface area contributed by atoms with Crippen LogP contribution < -0.4 is 15.7 Å². The van der Waals surface area contributed by atoms with E-state index in [4.69, 9.17) is 14.3 Å². The Kier molecular flexibility index (Phi) is 6.02. The van der Waals surface area contributed by atoms with E-state index in [9.17, 15) is 14.4 Å². The number of nitrogens with one attached hydrogen (secondary N) is 1. The van der Waals surface area contributed by atoms with Crippen molar-refractivity contribution in [3.05, 3.63) is 39.7 Å². The van der Waals surface area contributed by atoms with E-state index in [1.165, 1.54) is 6.92 Å². The summed E-state index contributed by atoms with van der Waals surface area (Å²) in [4.78, 5) is 35.1. The Balaban J connectivity index is 2.17. The van der Waals surface area contributed by atoms with Crippen LogP contribution in [0.1, 0.15) is 37.8 Å². The zero-order chi connectivity index (χ0) is 19.4. The summed E-state index contributed by atoms with van der Waals surface area (Å²) in [7, 11) is 0. The molecule has 0 saturated heterocycles. The molecule has 26 heavy (non-hydrogen) atoms. The molecule has 0 aliphatic heterocycles. The molecule has 0 aliphatic rings. The molecular weight excluding hydrogens is 338 g/mol. The summed E-state index contributed by atoms with van der Waals surface area (Å²) in [5, 5.41) is 12.4. The summed E-state index contributed by atoms with van der Waals surface area (Å²) in [6.07, 6.45) is 0.0760.